The smallest absolute Gasteiger partial charge is 0.222 e. The summed E-state index contributed by atoms with van der Waals surface area (Å²) in [5.74, 6) is 0.156. The Hall–Kier alpha value is -3.33. The van der Waals surface area contributed by atoms with E-state index in [4.69, 9.17) is 5.10 Å². The molecule has 1 aromatic heterocycles. The Morgan fingerprint density at radius 3 is 2.04 bits per heavy atom. The molecule has 0 radical (unpaired) electrons. The quantitative estimate of drug-likeness (QED) is 0.532. The van der Waals surface area contributed by atoms with E-state index in [0.717, 1.165) is 39.2 Å². The number of benzene rings is 3. The van der Waals surface area contributed by atoms with Crippen molar-refractivity contribution in [3.8, 4) is 34.0 Å². The van der Waals surface area contributed by atoms with Crippen LogP contribution in [0.2, 0.25) is 0 Å². The molecule has 0 unspecified atom stereocenters. The molecule has 0 aliphatic carbocycles. The minimum absolute atomic E-state index is 0.156. The lowest BCUT2D eigenvalue weighted by Gasteiger charge is -2.07. The van der Waals surface area contributed by atoms with Gasteiger partial charge >= 0.3 is 0 Å². The van der Waals surface area contributed by atoms with Crippen LogP contribution in [0.25, 0.3) is 28.1 Å². The Morgan fingerprint density at radius 1 is 0.731 bits per heavy atom. The number of aromatic hydroxyl groups is 1. The molecule has 0 aliphatic heterocycles. The molecule has 4 rings (SSSR count). The van der Waals surface area contributed by atoms with Gasteiger partial charge < -0.3 is 5.11 Å². The summed E-state index contributed by atoms with van der Waals surface area (Å²) < 4.78 is 1.64. The van der Waals surface area contributed by atoms with Gasteiger partial charge in [0.05, 0.1) is 11.3 Å². The van der Waals surface area contributed by atoms with Gasteiger partial charge in [-0.25, -0.2) is 0 Å². The van der Waals surface area contributed by atoms with Gasteiger partial charge in [0.25, 0.3) is 0 Å². The molecule has 0 aliphatic rings. The van der Waals surface area contributed by atoms with E-state index in [2.05, 4.69) is 13.0 Å². The van der Waals surface area contributed by atoms with Gasteiger partial charge in [-0.1, -0.05) is 72.8 Å². The zero-order valence-electron chi connectivity index (χ0n) is 14.8. The maximum atomic E-state index is 11.1. The van der Waals surface area contributed by atoms with Crippen molar-refractivity contribution in [2.45, 2.75) is 13.8 Å². The summed E-state index contributed by atoms with van der Waals surface area (Å²) >= 11 is 0. The van der Waals surface area contributed by atoms with Crippen LogP contribution >= 0.6 is 0 Å². The zero-order valence-corrected chi connectivity index (χ0v) is 14.8. The molecule has 0 fully saturated rings. The Bertz CT molecular complexity index is 1060. The van der Waals surface area contributed by atoms with Gasteiger partial charge in [-0.15, -0.1) is 0 Å². The number of aryl methyl sites for hydroxylation is 2. The fourth-order valence-corrected chi connectivity index (χ4v) is 3.28. The number of rotatable bonds is 3. The van der Waals surface area contributed by atoms with Crippen LogP contribution in [0.3, 0.4) is 0 Å². The number of hydrogen-bond acceptors (Lipinski definition) is 2. The molecule has 0 bridgehead atoms. The first-order valence-electron chi connectivity index (χ1n) is 8.66. The Balaban J connectivity index is 2.03. The van der Waals surface area contributed by atoms with Gasteiger partial charge in [0.1, 0.15) is 5.69 Å². The maximum absolute atomic E-state index is 11.1. The highest BCUT2D eigenvalue weighted by atomic mass is 16.3. The van der Waals surface area contributed by atoms with Crippen molar-refractivity contribution >= 4 is 0 Å². The van der Waals surface area contributed by atoms with E-state index in [9.17, 15) is 5.11 Å². The predicted molar refractivity (Wildman–Crippen MR) is 106 cm³/mol. The third kappa shape index (κ3) is 2.68. The second kappa shape index (κ2) is 6.52. The average Bonchev–Trinajstić information content (AvgIpc) is 3.00. The topological polar surface area (TPSA) is 38.0 Å². The Morgan fingerprint density at radius 2 is 1.35 bits per heavy atom. The Labute approximate surface area is 153 Å². The van der Waals surface area contributed by atoms with Gasteiger partial charge in [0.2, 0.25) is 5.88 Å². The molecule has 0 amide bonds. The molecule has 3 aromatic carbocycles. The average molecular weight is 340 g/mol. The second-order valence-electron chi connectivity index (χ2n) is 6.43. The normalized spacial score (nSPS) is 10.8. The van der Waals surface area contributed by atoms with Crippen LogP contribution in [0.4, 0.5) is 0 Å². The van der Waals surface area contributed by atoms with Gasteiger partial charge in [-0.05, 0) is 36.6 Å². The van der Waals surface area contributed by atoms with E-state index in [-0.39, 0.29) is 5.88 Å². The molecule has 1 N–H and O–H groups in total. The lowest BCUT2D eigenvalue weighted by atomic mass is 9.98. The van der Waals surface area contributed by atoms with E-state index in [0.29, 0.717) is 0 Å². The van der Waals surface area contributed by atoms with Crippen LogP contribution in [0.1, 0.15) is 11.1 Å². The highest BCUT2D eigenvalue weighted by Crippen LogP contribution is 2.40. The van der Waals surface area contributed by atoms with Gasteiger partial charge in [0, 0.05) is 5.56 Å². The summed E-state index contributed by atoms with van der Waals surface area (Å²) in [5.41, 5.74) is 6.57. The summed E-state index contributed by atoms with van der Waals surface area (Å²) in [6.07, 6.45) is 0. The van der Waals surface area contributed by atoms with Crippen molar-refractivity contribution in [2.75, 3.05) is 0 Å². The summed E-state index contributed by atoms with van der Waals surface area (Å²) in [4.78, 5) is 0. The van der Waals surface area contributed by atoms with Crippen LogP contribution in [-0.2, 0) is 0 Å². The Kier molecular flexibility index (Phi) is 4.05. The predicted octanol–water partition coefficient (Wildman–Crippen LogP) is 5.53. The van der Waals surface area contributed by atoms with Crippen molar-refractivity contribution in [1.29, 1.82) is 0 Å². The highest BCUT2D eigenvalue weighted by molar-refractivity contribution is 5.86. The van der Waals surface area contributed by atoms with E-state index in [1.807, 2.05) is 79.7 Å². The molecule has 1 heterocycles. The first-order chi connectivity index (χ1) is 12.7. The molecule has 4 aromatic rings. The van der Waals surface area contributed by atoms with Gasteiger partial charge in [-0.3, -0.25) is 0 Å². The van der Waals surface area contributed by atoms with Crippen LogP contribution in [-0.4, -0.2) is 14.9 Å². The van der Waals surface area contributed by atoms with Crippen molar-refractivity contribution in [3.05, 3.63) is 90.0 Å². The first kappa shape index (κ1) is 16.2. The molecule has 0 spiro atoms. The maximum Gasteiger partial charge on any atom is 0.222 e. The van der Waals surface area contributed by atoms with Crippen LogP contribution in [0, 0.1) is 13.8 Å². The number of hydrogen-bond donors (Lipinski definition) is 1. The van der Waals surface area contributed by atoms with Crippen LogP contribution in [0.15, 0.2) is 78.9 Å². The monoisotopic (exact) mass is 340 g/mol. The standard InChI is InChI=1S/C23H20N2O/c1-16-10-6-8-14-19(16)22-21(18-12-4-3-5-13-18)23(26)25(24-22)20-15-9-7-11-17(20)2/h3-15,26H,1-2H3. The summed E-state index contributed by atoms with van der Waals surface area (Å²) in [6, 6.07) is 26.0. The number of para-hydroxylation sites is 1. The summed E-state index contributed by atoms with van der Waals surface area (Å²) in [7, 11) is 0. The molecule has 3 heteroatoms. The minimum Gasteiger partial charge on any atom is -0.493 e. The van der Waals surface area contributed by atoms with E-state index in [1.165, 1.54) is 0 Å². The van der Waals surface area contributed by atoms with Gasteiger partial charge in [0.15, 0.2) is 0 Å². The molecule has 0 saturated heterocycles. The van der Waals surface area contributed by atoms with Crippen LogP contribution in [0.5, 0.6) is 5.88 Å². The second-order valence-corrected chi connectivity index (χ2v) is 6.43. The molecule has 0 saturated carbocycles. The van der Waals surface area contributed by atoms with E-state index < -0.39 is 0 Å². The number of nitrogens with zero attached hydrogens (tertiary/aromatic N) is 2. The third-order valence-corrected chi connectivity index (χ3v) is 4.67. The largest absolute Gasteiger partial charge is 0.493 e. The van der Waals surface area contributed by atoms with E-state index in [1.54, 1.807) is 4.68 Å². The minimum atomic E-state index is 0.156. The van der Waals surface area contributed by atoms with Crippen LogP contribution < -0.4 is 0 Å². The van der Waals surface area contributed by atoms with Crippen molar-refractivity contribution < 1.29 is 5.11 Å². The van der Waals surface area contributed by atoms with E-state index >= 15 is 0 Å². The molecule has 0 atom stereocenters. The van der Waals surface area contributed by atoms with Crippen molar-refractivity contribution in [2.24, 2.45) is 0 Å². The third-order valence-electron chi connectivity index (χ3n) is 4.67. The summed E-state index contributed by atoms with van der Waals surface area (Å²) in [6.45, 7) is 4.08. The molecule has 128 valence electrons. The number of aromatic nitrogens is 2. The van der Waals surface area contributed by atoms with Gasteiger partial charge in [-0.2, -0.15) is 9.78 Å². The first-order valence-corrected chi connectivity index (χ1v) is 8.66. The molecular formula is C23H20N2O. The molecule has 26 heavy (non-hydrogen) atoms. The molecule has 3 nitrogen and oxygen atoms in total. The summed E-state index contributed by atoms with van der Waals surface area (Å²) in [5, 5.41) is 15.9. The van der Waals surface area contributed by atoms with Crippen molar-refractivity contribution in [3.63, 3.8) is 0 Å². The van der Waals surface area contributed by atoms with Crippen molar-refractivity contribution in [1.82, 2.24) is 9.78 Å². The highest BCUT2D eigenvalue weighted by Gasteiger charge is 2.22. The zero-order chi connectivity index (χ0) is 18.1. The fourth-order valence-electron chi connectivity index (χ4n) is 3.28. The lowest BCUT2D eigenvalue weighted by molar-refractivity contribution is 0.435. The SMILES string of the molecule is Cc1ccccc1-c1nn(-c2ccccc2C)c(O)c1-c1ccccc1. The fraction of sp³-hybridized carbons (Fsp3) is 0.0870. The lowest BCUT2D eigenvalue weighted by Crippen LogP contribution is -1.98. The molecular weight excluding hydrogens is 320 g/mol.